The van der Waals surface area contributed by atoms with Gasteiger partial charge in [-0.3, -0.25) is 0 Å². The summed E-state index contributed by atoms with van der Waals surface area (Å²) in [6, 6.07) is 0. The zero-order valence-corrected chi connectivity index (χ0v) is 9.88. The number of nitrogens with zero attached hydrogens (tertiary/aromatic N) is 1. The van der Waals surface area contributed by atoms with Gasteiger partial charge < -0.3 is 13.9 Å². The second-order valence-corrected chi connectivity index (χ2v) is 3.22. The Kier molecular flexibility index (Phi) is 5.16. The molecular weight excluding hydrogens is 222 g/mol. The van der Waals surface area contributed by atoms with E-state index in [4.69, 9.17) is 9.15 Å². The van der Waals surface area contributed by atoms with Crippen molar-refractivity contribution in [3.8, 4) is 0 Å². The highest BCUT2D eigenvalue weighted by Gasteiger charge is 2.14. The van der Waals surface area contributed by atoms with Crippen LogP contribution in [-0.2, 0) is 15.9 Å². The molecule has 0 N–H and O–H groups in total. The molecule has 0 amide bonds. The lowest BCUT2D eigenvalue weighted by Gasteiger charge is -2.06. The average molecular weight is 237 g/mol. The fourth-order valence-electron chi connectivity index (χ4n) is 1.21. The van der Waals surface area contributed by atoms with Crippen molar-refractivity contribution in [2.24, 2.45) is 0 Å². The van der Waals surface area contributed by atoms with Gasteiger partial charge in [0.2, 0.25) is 0 Å². The molecule has 0 spiro atoms. The van der Waals surface area contributed by atoms with Crippen LogP contribution >= 0.6 is 0 Å². The van der Waals surface area contributed by atoms with Crippen molar-refractivity contribution >= 4 is 5.97 Å². The Labute approximate surface area is 99.7 Å². The first-order chi connectivity index (χ1) is 8.21. The Morgan fingerprint density at radius 3 is 3.00 bits per heavy atom. The predicted molar refractivity (Wildman–Crippen MR) is 61.7 cm³/mol. The average Bonchev–Trinajstić information content (AvgIpc) is 2.81. The van der Waals surface area contributed by atoms with Gasteiger partial charge in [0, 0.05) is 7.11 Å². The topological polar surface area (TPSA) is 61.6 Å². The first-order valence-corrected chi connectivity index (χ1v) is 5.06. The van der Waals surface area contributed by atoms with Gasteiger partial charge in [0.15, 0.2) is 11.6 Å². The zero-order valence-electron chi connectivity index (χ0n) is 9.88. The molecule has 0 saturated carbocycles. The van der Waals surface area contributed by atoms with Gasteiger partial charge in [0.05, 0.1) is 19.6 Å². The zero-order chi connectivity index (χ0) is 12.7. The minimum atomic E-state index is -0.518. The summed E-state index contributed by atoms with van der Waals surface area (Å²) in [6.07, 6.45) is 6.80. The number of hydrogen-bond acceptors (Lipinski definition) is 5. The molecule has 1 rings (SSSR count). The lowest BCUT2D eigenvalue weighted by Crippen LogP contribution is -2.11. The third-order valence-corrected chi connectivity index (χ3v) is 2.09. The number of allylic oxidation sites excluding steroid dienone is 2. The van der Waals surface area contributed by atoms with E-state index in [0.29, 0.717) is 12.3 Å². The molecule has 0 saturated heterocycles. The molecule has 92 valence electrons. The molecule has 0 radical (unpaired) electrons. The Balaban J connectivity index is 2.67. The van der Waals surface area contributed by atoms with Crippen molar-refractivity contribution in [2.75, 3.05) is 14.2 Å². The lowest BCUT2D eigenvalue weighted by atomic mass is 10.2. The van der Waals surface area contributed by atoms with Crippen LogP contribution in [0.15, 0.2) is 35.5 Å². The second-order valence-electron chi connectivity index (χ2n) is 3.22. The van der Waals surface area contributed by atoms with E-state index in [2.05, 4.69) is 16.3 Å². The van der Waals surface area contributed by atoms with Gasteiger partial charge in [-0.2, -0.15) is 0 Å². The van der Waals surface area contributed by atoms with Crippen molar-refractivity contribution in [1.82, 2.24) is 4.98 Å². The third kappa shape index (κ3) is 3.88. The van der Waals surface area contributed by atoms with Gasteiger partial charge in [-0.25, -0.2) is 9.78 Å². The van der Waals surface area contributed by atoms with E-state index >= 15 is 0 Å². The Hall–Kier alpha value is -1.88. The van der Waals surface area contributed by atoms with Crippen LogP contribution in [0.2, 0.25) is 0 Å². The molecule has 17 heavy (non-hydrogen) atoms. The van der Waals surface area contributed by atoms with E-state index < -0.39 is 5.97 Å². The molecule has 0 aromatic carbocycles. The smallest absolute Gasteiger partial charge is 0.360 e. The molecule has 5 nitrogen and oxygen atoms in total. The highest BCUT2D eigenvalue weighted by atomic mass is 16.5. The van der Waals surface area contributed by atoms with Crippen LogP contribution in [0.3, 0.4) is 0 Å². The van der Waals surface area contributed by atoms with Crippen LogP contribution < -0.4 is 0 Å². The van der Waals surface area contributed by atoms with Crippen molar-refractivity contribution in [1.29, 1.82) is 0 Å². The number of rotatable bonds is 6. The van der Waals surface area contributed by atoms with Gasteiger partial charge in [-0.05, 0) is 0 Å². The van der Waals surface area contributed by atoms with Gasteiger partial charge >= 0.3 is 5.97 Å². The number of esters is 1. The summed E-state index contributed by atoms with van der Waals surface area (Å²) in [4.78, 5) is 15.1. The van der Waals surface area contributed by atoms with E-state index in [1.807, 2.05) is 6.08 Å². The number of carbonyl (C=O) groups excluding carboxylic acids is 1. The molecular formula is C12H15NO4. The van der Waals surface area contributed by atoms with Crippen LogP contribution in [-0.4, -0.2) is 31.3 Å². The minimum absolute atomic E-state index is 0.157. The molecule has 0 aliphatic rings. The maximum Gasteiger partial charge on any atom is 0.360 e. The molecule has 0 unspecified atom stereocenters. The quantitative estimate of drug-likeness (QED) is 0.557. The molecule has 1 aromatic heterocycles. The Bertz CT molecular complexity index is 408. The van der Waals surface area contributed by atoms with Gasteiger partial charge in [0.25, 0.3) is 0 Å². The fourth-order valence-corrected chi connectivity index (χ4v) is 1.21. The highest BCUT2D eigenvalue weighted by molar-refractivity contribution is 5.86. The molecule has 0 aliphatic heterocycles. The van der Waals surface area contributed by atoms with E-state index in [-0.39, 0.29) is 11.8 Å². The van der Waals surface area contributed by atoms with Crippen molar-refractivity contribution < 1.29 is 18.7 Å². The summed E-state index contributed by atoms with van der Waals surface area (Å²) in [6.45, 7) is 3.57. The summed E-state index contributed by atoms with van der Waals surface area (Å²) >= 11 is 0. The second kappa shape index (κ2) is 6.65. The Morgan fingerprint density at radius 2 is 2.41 bits per heavy atom. The largest absolute Gasteiger partial charge is 0.464 e. The van der Waals surface area contributed by atoms with Crippen LogP contribution in [0, 0.1) is 0 Å². The van der Waals surface area contributed by atoms with Crippen LogP contribution in [0.5, 0.6) is 0 Å². The summed E-state index contributed by atoms with van der Waals surface area (Å²) in [7, 11) is 2.88. The van der Waals surface area contributed by atoms with E-state index in [9.17, 15) is 4.79 Å². The number of methoxy groups -OCH3 is 2. The number of oxazole rings is 1. The minimum Gasteiger partial charge on any atom is -0.464 e. The molecule has 1 atom stereocenters. The van der Waals surface area contributed by atoms with Crippen LogP contribution in [0.4, 0.5) is 0 Å². The normalized spacial score (nSPS) is 12.6. The van der Waals surface area contributed by atoms with E-state index in [1.54, 1.807) is 19.3 Å². The number of carbonyl (C=O) groups is 1. The van der Waals surface area contributed by atoms with Crippen LogP contribution in [0.25, 0.3) is 0 Å². The molecule has 1 aromatic rings. The van der Waals surface area contributed by atoms with Crippen LogP contribution in [0.1, 0.15) is 16.4 Å². The summed E-state index contributed by atoms with van der Waals surface area (Å²) in [5, 5.41) is 0. The summed E-state index contributed by atoms with van der Waals surface area (Å²) < 4.78 is 14.9. The molecule has 5 heteroatoms. The fraction of sp³-hybridized carbons (Fsp3) is 0.333. The lowest BCUT2D eigenvalue weighted by molar-refractivity contribution is 0.0594. The number of aromatic nitrogens is 1. The molecule has 0 fully saturated rings. The standard InChI is InChI=1S/C12H15NO4/c1-4-5-6-9(15-2)7-11-13-10(8-17-11)12(14)16-3/h4-6,8-9H,1,7H2,2-3H3/b6-5+/t9-/m0/s1. The maximum absolute atomic E-state index is 11.2. The van der Waals surface area contributed by atoms with Crippen molar-refractivity contribution in [2.45, 2.75) is 12.5 Å². The van der Waals surface area contributed by atoms with E-state index in [1.165, 1.54) is 13.4 Å². The van der Waals surface area contributed by atoms with Gasteiger partial charge in [-0.1, -0.05) is 24.8 Å². The molecule has 0 aliphatic carbocycles. The van der Waals surface area contributed by atoms with Gasteiger partial charge in [0.1, 0.15) is 6.26 Å². The molecule has 0 bridgehead atoms. The molecule has 1 heterocycles. The van der Waals surface area contributed by atoms with E-state index in [0.717, 1.165) is 0 Å². The first kappa shape index (κ1) is 13.2. The third-order valence-electron chi connectivity index (χ3n) is 2.09. The first-order valence-electron chi connectivity index (χ1n) is 5.06. The van der Waals surface area contributed by atoms with Gasteiger partial charge in [-0.15, -0.1) is 0 Å². The maximum atomic E-state index is 11.2. The van der Waals surface area contributed by atoms with Crippen molar-refractivity contribution in [3.05, 3.63) is 42.7 Å². The summed E-state index contributed by atoms with van der Waals surface area (Å²) in [5.74, 6) is -0.0958. The summed E-state index contributed by atoms with van der Waals surface area (Å²) in [5.41, 5.74) is 0.157. The highest BCUT2D eigenvalue weighted by Crippen LogP contribution is 2.08. The van der Waals surface area contributed by atoms with Crippen molar-refractivity contribution in [3.63, 3.8) is 0 Å². The number of ether oxygens (including phenoxy) is 2. The monoisotopic (exact) mass is 237 g/mol. The predicted octanol–water partition coefficient (Wildman–Crippen LogP) is 1.76. The SMILES string of the molecule is C=C/C=C/[C@@H](Cc1nc(C(=O)OC)co1)OC. The number of hydrogen-bond donors (Lipinski definition) is 0. The Morgan fingerprint density at radius 1 is 1.65 bits per heavy atom.